The molecule has 1 amide bonds. The normalized spacial score (nSPS) is 18.3. The molecule has 1 fully saturated rings. The van der Waals surface area contributed by atoms with Crippen LogP contribution in [0.2, 0.25) is 0 Å². The van der Waals surface area contributed by atoms with E-state index in [1.165, 1.54) is 5.57 Å². The largest absolute Gasteiger partial charge is 0.353 e. The maximum atomic E-state index is 13.2. The third-order valence-electron chi connectivity index (χ3n) is 6.41. The van der Waals surface area contributed by atoms with Crippen molar-refractivity contribution in [2.75, 3.05) is 31.1 Å². The van der Waals surface area contributed by atoms with Crippen molar-refractivity contribution in [2.24, 2.45) is 0 Å². The summed E-state index contributed by atoms with van der Waals surface area (Å²) < 4.78 is 1.89. The molecule has 0 saturated carbocycles. The van der Waals surface area contributed by atoms with Crippen LogP contribution in [0, 0.1) is 0 Å². The standard InChI is InChI=1S/C27H29N5O/c1-21-8-7-11-23(18-21)24-19-25(22-9-3-2-4-10-22)32(29-24)20-27(33)31-16-14-30(15-17-31)26-12-5-6-13-28-26/h2-13,19,23H,14-18,20H2,1H3. The van der Waals surface area contributed by atoms with Gasteiger partial charge in [0, 0.05) is 38.3 Å². The van der Waals surface area contributed by atoms with E-state index in [0.717, 1.165) is 42.3 Å². The Morgan fingerprint density at radius 1 is 1.03 bits per heavy atom. The number of rotatable bonds is 5. The maximum Gasteiger partial charge on any atom is 0.244 e. The summed E-state index contributed by atoms with van der Waals surface area (Å²) in [7, 11) is 0. The maximum absolute atomic E-state index is 13.2. The molecule has 1 saturated heterocycles. The predicted octanol–water partition coefficient (Wildman–Crippen LogP) is 4.28. The first kappa shape index (κ1) is 21.2. The Morgan fingerprint density at radius 2 is 1.82 bits per heavy atom. The molecule has 2 aliphatic rings. The highest BCUT2D eigenvalue weighted by Gasteiger charge is 2.24. The summed E-state index contributed by atoms with van der Waals surface area (Å²) in [5.74, 6) is 1.33. The summed E-state index contributed by atoms with van der Waals surface area (Å²) in [6, 6.07) is 18.3. The second kappa shape index (κ2) is 9.45. The zero-order valence-corrected chi connectivity index (χ0v) is 19.0. The first-order chi connectivity index (χ1) is 16.2. The van der Waals surface area contributed by atoms with E-state index in [4.69, 9.17) is 5.10 Å². The van der Waals surface area contributed by atoms with Gasteiger partial charge in [0.1, 0.15) is 12.4 Å². The number of nitrogens with zero attached hydrogens (tertiary/aromatic N) is 5. The Morgan fingerprint density at radius 3 is 2.55 bits per heavy atom. The van der Waals surface area contributed by atoms with Gasteiger partial charge < -0.3 is 9.80 Å². The molecule has 33 heavy (non-hydrogen) atoms. The Balaban J connectivity index is 1.32. The number of hydrogen-bond donors (Lipinski definition) is 0. The number of hydrogen-bond acceptors (Lipinski definition) is 4. The molecule has 6 nitrogen and oxygen atoms in total. The van der Waals surface area contributed by atoms with Gasteiger partial charge in [-0.3, -0.25) is 9.48 Å². The van der Waals surface area contributed by atoms with Crippen molar-refractivity contribution in [1.82, 2.24) is 19.7 Å². The molecule has 3 aromatic rings. The van der Waals surface area contributed by atoms with Crippen LogP contribution >= 0.6 is 0 Å². The molecule has 5 rings (SSSR count). The minimum Gasteiger partial charge on any atom is -0.353 e. The van der Waals surface area contributed by atoms with Crippen molar-refractivity contribution in [3.05, 3.63) is 90.3 Å². The highest BCUT2D eigenvalue weighted by molar-refractivity contribution is 5.77. The molecule has 2 aromatic heterocycles. The number of allylic oxidation sites excluding steroid dienone is 4. The van der Waals surface area contributed by atoms with Crippen LogP contribution in [0.1, 0.15) is 25.0 Å². The molecule has 0 bridgehead atoms. The third-order valence-corrected chi connectivity index (χ3v) is 6.41. The van der Waals surface area contributed by atoms with Crippen LogP contribution in [0.25, 0.3) is 11.3 Å². The van der Waals surface area contributed by atoms with Crippen molar-refractivity contribution in [3.63, 3.8) is 0 Å². The molecule has 3 heterocycles. The van der Waals surface area contributed by atoms with E-state index < -0.39 is 0 Å². The number of carbonyl (C=O) groups excluding carboxylic acids is 1. The lowest BCUT2D eigenvalue weighted by molar-refractivity contribution is -0.132. The van der Waals surface area contributed by atoms with Gasteiger partial charge in [-0.2, -0.15) is 5.10 Å². The van der Waals surface area contributed by atoms with Gasteiger partial charge in [0.25, 0.3) is 0 Å². The summed E-state index contributed by atoms with van der Waals surface area (Å²) in [6.45, 7) is 5.37. The highest BCUT2D eigenvalue weighted by Crippen LogP contribution is 2.31. The number of anilines is 1. The second-order valence-electron chi connectivity index (χ2n) is 8.74. The van der Waals surface area contributed by atoms with Crippen molar-refractivity contribution in [2.45, 2.75) is 25.8 Å². The number of pyridine rings is 1. The summed E-state index contributed by atoms with van der Waals surface area (Å²) in [5.41, 5.74) is 4.44. The molecule has 6 heteroatoms. The van der Waals surface area contributed by atoms with Crippen molar-refractivity contribution >= 4 is 11.7 Å². The SMILES string of the molecule is CC1=CC=CC(c2cc(-c3ccccc3)n(CC(=O)N3CCN(c4ccccn4)CC3)n2)C1. The molecule has 168 valence electrons. The van der Waals surface area contributed by atoms with Gasteiger partial charge in [-0.1, -0.05) is 60.2 Å². The highest BCUT2D eigenvalue weighted by atomic mass is 16.2. The topological polar surface area (TPSA) is 54.3 Å². The number of aromatic nitrogens is 3. The Hall–Kier alpha value is -3.67. The van der Waals surface area contributed by atoms with Crippen LogP contribution in [0.4, 0.5) is 5.82 Å². The van der Waals surface area contributed by atoms with E-state index in [-0.39, 0.29) is 18.4 Å². The molecule has 1 aliphatic carbocycles. The van der Waals surface area contributed by atoms with E-state index in [9.17, 15) is 4.79 Å². The third kappa shape index (κ3) is 4.75. The van der Waals surface area contributed by atoms with Gasteiger partial charge in [-0.15, -0.1) is 0 Å². The molecular formula is C27H29N5O. The Kier molecular flexibility index (Phi) is 6.07. The molecule has 0 spiro atoms. The second-order valence-corrected chi connectivity index (χ2v) is 8.74. The van der Waals surface area contributed by atoms with Crippen molar-refractivity contribution in [3.8, 4) is 11.3 Å². The molecule has 1 atom stereocenters. The molecule has 1 aliphatic heterocycles. The zero-order chi connectivity index (χ0) is 22.6. The minimum absolute atomic E-state index is 0.109. The van der Waals surface area contributed by atoms with Gasteiger partial charge >= 0.3 is 0 Å². The van der Waals surface area contributed by atoms with E-state index >= 15 is 0 Å². The van der Waals surface area contributed by atoms with Gasteiger partial charge in [0.05, 0.1) is 11.4 Å². The number of carbonyl (C=O) groups is 1. The van der Waals surface area contributed by atoms with E-state index in [1.807, 2.05) is 52.2 Å². The van der Waals surface area contributed by atoms with Crippen LogP contribution < -0.4 is 4.90 Å². The fourth-order valence-electron chi connectivity index (χ4n) is 4.57. The lowest BCUT2D eigenvalue weighted by Gasteiger charge is -2.35. The molecule has 0 radical (unpaired) electrons. The lowest BCUT2D eigenvalue weighted by Crippen LogP contribution is -2.49. The zero-order valence-electron chi connectivity index (χ0n) is 19.0. The number of piperazine rings is 1. The van der Waals surface area contributed by atoms with E-state index in [2.05, 4.69) is 53.2 Å². The van der Waals surface area contributed by atoms with Gasteiger partial charge in [0.15, 0.2) is 0 Å². The fraction of sp³-hybridized carbons (Fsp3) is 0.296. The average Bonchev–Trinajstić information content (AvgIpc) is 3.29. The van der Waals surface area contributed by atoms with E-state index in [1.54, 1.807) is 0 Å². The minimum atomic E-state index is 0.109. The smallest absolute Gasteiger partial charge is 0.244 e. The van der Waals surface area contributed by atoms with Crippen molar-refractivity contribution in [1.29, 1.82) is 0 Å². The average molecular weight is 440 g/mol. The number of amides is 1. The summed E-state index contributed by atoms with van der Waals surface area (Å²) in [6.07, 6.45) is 9.24. The van der Waals surface area contributed by atoms with Crippen LogP contribution in [-0.4, -0.2) is 51.8 Å². The fourth-order valence-corrected chi connectivity index (χ4v) is 4.57. The number of benzene rings is 1. The Bertz CT molecular complexity index is 1160. The van der Waals surface area contributed by atoms with Crippen molar-refractivity contribution < 1.29 is 4.79 Å². The van der Waals surface area contributed by atoms with Gasteiger partial charge in [0.2, 0.25) is 5.91 Å². The summed E-state index contributed by atoms with van der Waals surface area (Å²) in [4.78, 5) is 21.9. The lowest BCUT2D eigenvalue weighted by atomic mass is 9.92. The quantitative estimate of drug-likeness (QED) is 0.595. The van der Waals surface area contributed by atoms with Gasteiger partial charge in [-0.25, -0.2) is 4.98 Å². The predicted molar refractivity (Wildman–Crippen MR) is 131 cm³/mol. The first-order valence-corrected chi connectivity index (χ1v) is 11.6. The van der Waals surface area contributed by atoms with Crippen LogP contribution in [0.5, 0.6) is 0 Å². The monoisotopic (exact) mass is 439 g/mol. The summed E-state index contributed by atoms with van der Waals surface area (Å²) >= 11 is 0. The molecular weight excluding hydrogens is 410 g/mol. The van der Waals surface area contributed by atoms with Crippen LogP contribution in [-0.2, 0) is 11.3 Å². The van der Waals surface area contributed by atoms with Crippen LogP contribution in [0.15, 0.2) is 84.6 Å². The van der Waals surface area contributed by atoms with Crippen LogP contribution in [0.3, 0.4) is 0 Å². The van der Waals surface area contributed by atoms with Gasteiger partial charge in [-0.05, 0) is 37.1 Å². The van der Waals surface area contributed by atoms with E-state index in [0.29, 0.717) is 13.1 Å². The Labute approximate surface area is 194 Å². The molecule has 0 N–H and O–H groups in total. The summed E-state index contributed by atoms with van der Waals surface area (Å²) in [5, 5.41) is 4.91. The molecule has 1 unspecified atom stereocenters. The first-order valence-electron chi connectivity index (χ1n) is 11.6. The molecule has 1 aromatic carbocycles.